The third kappa shape index (κ3) is 3.77. The number of hydrogen-bond acceptors (Lipinski definition) is 5. The van der Waals surface area contributed by atoms with Gasteiger partial charge in [0.05, 0.1) is 30.5 Å². The first kappa shape index (κ1) is 18.0. The molecule has 4 heterocycles. The summed E-state index contributed by atoms with van der Waals surface area (Å²) in [5, 5.41) is 1.13. The van der Waals surface area contributed by atoms with E-state index in [0.29, 0.717) is 0 Å². The van der Waals surface area contributed by atoms with Crippen LogP contribution in [-0.2, 0) is 11.3 Å². The molecule has 1 aliphatic rings. The van der Waals surface area contributed by atoms with Gasteiger partial charge >= 0.3 is 0 Å². The van der Waals surface area contributed by atoms with E-state index in [-0.39, 0.29) is 6.04 Å². The highest BCUT2D eigenvalue weighted by Crippen LogP contribution is 2.26. The van der Waals surface area contributed by atoms with Crippen LogP contribution in [0, 0.1) is 0 Å². The fraction of sp³-hybridized carbons (Fsp3) is 0.261. The molecule has 146 valence electrons. The second-order valence-electron chi connectivity index (χ2n) is 7.21. The summed E-state index contributed by atoms with van der Waals surface area (Å²) < 4.78 is 7.75. The highest BCUT2D eigenvalue weighted by molar-refractivity contribution is 5.80. The molecule has 0 bridgehead atoms. The van der Waals surface area contributed by atoms with Gasteiger partial charge in [0.1, 0.15) is 5.69 Å². The van der Waals surface area contributed by atoms with Crippen molar-refractivity contribution in [3.63, 3.8) is 0 Å². The molecule has 1 saturated heterocycles. The second kappa shape index (κ2) is 8.11. The summed E-state index contributed by atoms with van der Waals surface area (Å²) in [4.78, 5) is 16.6. The number of imidazole rings is 1. The van der Waals surface area contributed by atoms with Crippen LogP contribution < -0.4 is 0 Å². The molecule has 0 N–H and O–H groups in total. The number of morpholine rings is 1. The van der Waals surface area contributed by atoms with Gasteiger partial charge in [-0.2, -0.15) is 0 Å². The Morgan fingerprint density at radius 1 is 0.897 bits per heavy atom. The van der Waals surface area contributed by atoms with Crippen LogP contribution in [0.3, 0.4) is 0 Å². The highest BCUT2D eigenvalue weighted by atomic mass is 16.5. The van der Waals surface area contributed by atoms with Crippen molar-refractivity contribution in [3.05, 3.63) is 78.9 Å². The lowest BCUT2D eigenvalue weighted by atomic mass is 10.1. The largest absolute Gasteiger partial charge is 0.379 e. The highest BCUT2D eigenvalue weighted by Gasteiger charge is 2.25. The molecule has 1 aromatic carbocycles. The molecule has 6 nitrogen and oxygen atoms in total. The molecule has 0 unspecified atom stereocenters. The van der Waals surface area contributed by atoms with Gasteiger partial charge in [-0.1, -0.05) is 30.3 Å². The van der Waals surface area contributed by atoms with Crippen LogP contribution in [0.2, 0.25) is 0 Å². The SMILES string of the molecule is c1ccc([C@@H](Cn2ccnc2-c2ccc3ccccc3n2)N2CCOCC2)nc1. The van der Waals surface area contributed by atoms with Gasteiger partial charge in [0.25, 0.3) is 0 Å². The number of pyridine rings is 2. The quantitative estimate of drug-likeness (QED) is 0.526. The fourth-order valence-electron chi connectivity index (χ4n) is 3.92. The Morgan fingerprint density at radius 3 is 2.62 bits per heavy atom. The van der Waals surface area contributed by atoms with Crippen LogP contribution in [0.25, 0.3) is 22.4 Å². The number of rotatable bonds is 5. The van der Waals surface area contributed by atoms with Crippen molar-refractivity contribution >= 4 is 10.9 Å². The van der Waals surface area contributed by atoms with Crippen molar-refractivity contribution in [3.8, 4) is 11.5 Å². The Balaban J connectivity index is 1.49. The first-order valence-corrected chi connectivity index (χ1v) is 9.98. The Labute approximate surface area is 169 Å². The Hall–Kier alpha value is -3.09. The van der Waals surface area contributed by atoms with E-state index < -0.39 is 0 Å². The van der Waals surface area contributed by atoms with Gasteiger partial charge in [-0.3, -0.25) is 9.88 Å². The van der Waals surface area contributed by atoms with Crippen molar-refractivity contribution in [2.75, 3.05) is 26.3 Å². The summed E-state index contributed by atoms with van der Waals surface area (Å²) in [5.41, 5.74) is 2.94. The molecule has 1 atom stereocenters. The van der Waals surface area contributed by atoms with Gasteiger partial charge in [-0.25, -0.2) is 9.97 Å². The predicted molar refractivity (Wildman–Crippen MR) is 112 cm³/mol. The number of aromatic nitrogens is 4. The van der Waals surface area contributed by atoms with Gasteiger partial charge in [0, 0.05) is 43.6 Å². The lowest BCUT2D eigenvalue weighted by Crippen LogP contribution is -2.41. The lowest BCUT2D eigenvalue weighted by molar-refractivity contribution is 0.0115. The van der Waals surface area contributed by atoms with Gasteiger partial charge in [-0.05, 0) is 24.3 Å². The molecule has 0 spiro atoms. The van der Waals surface area contributed by atoms with Crippen molar-refractivity contribution in [2.24, 2.45) is 0 Å². The summed E-state index contributed by atoms with van der Waals surface area (Å²) in [7, 11) is 0. The molecule has 4 aromatic rings. The van der Waals surface area contributed by atoms with E-state index in [1.807, 2.05) is 48.9 Å². The molecule has 1 aliphatic heterocycles. The maximum absolute atomic E-state index is 5.56. The van der Waals surface area contributed by atoms with Crippen molar-refractivity contribution in [1.29, 1.82) is 0 Å². The van der Waals surface area contributed by atoms with E-state index in [2.05, 4.69) is 43.7 Å². The van der Waals surface area contributed by atoms with E-state index in [0.717, 1.165) is 61.0 Å². The van der Waals surface area contributed by atoms with Gasteiger partial charge in [0.15, 0.2) is 5.82 Å². The van der Waals surface area contributed by atoms with E-state index >= 15 is 0 Å². The van der Waals surface area contributed by atoms with Crippen molar-refractivity contribution < 1.29 is 4.74 Å². The molecule has 3 aromatic heterocycles. The summed E-state index contributed by atoms with van der Waals surface area (Å²) >= 11 is 0. The Morgan fingerprint density at radius 2 is 1.76 bits per heavy atom. The average molecular weight is 385 g/mol. The van der Waals surface area contributed by atoms with Crippen LogP contribution >= 0.6 is 0 Å². The molecule has 0 aliphatic carbocycles. The standard InChI is InChI=1S/C23H23N5O/c1-2-6-19-18(5-1)8-9-21(26-19)23-25-11-12-28(23)17-22(20-7-3-4-10-24-20)27-13-15-29-16-14-27/h1-12,22H,13-17H2/t22-/m1/s1. The van der Waals surface area contributed by atoms with Gasteiger partial charge in [0.2, 0.25) is 0 Å². The van der Waals surface area contributed by atoms with Crippen LogP contribution in [0.15, 0.2) is 73.2 Å². The summed E-state index contributed by atoms with van der Waals surface area (Å²) in [5.74, 6) is 0.880. The summed E-state index contributed by atoms with van der Waals surface area (Å²) in [6.45, 7) is 4.08. The molecule has 1 fully saturated rings. The zero-order valence-electron chi connectivity index (χ0n) is 16.2. The first-order valence-electron chi connectivity index (χ1n) is 9.98. The van der Waals surface area contributed by atoms with Crippen LogP contribution in [0.5, 0.6) is 0 Å². The van der Waals surface area contributed by atoms with Crippen LogP contribution in [-0.4, -0.2) is 50.7 Å². The molecule has 5 rings (SSSR count). The van der Waals surface area contributed by atoms with Crippen molar-refractivity contribution in [1.82, 2.24) is 24.4 Å². The van der Waals surface area contributed by atoms with E-state index in [4.69, 9.17) is 9.72 Å². The number of hydrogen-bond donors (Lipinski definition) is 0. The predicted octanol–water partition coefficient (Wildman–Crippen LogP) is 3.57. The fourth-order valence-corrected chi connectivity index (χ4v) is 3.92. The third-order valence-electron chi connectivity index (χ3n) is 5.43. The third-order valence-corrected chi connectivity index (χ3v) is 5.43. The minimum Gasteiger partial charge on any atom is -0.379 e. The molecular formula is C23H23N5O. The van der Waals surface area contributed by atoms with Gasteiger partial charge in [-0.15, -0.1) is 0 Å². The van der Waals surface area contributed by atoms with Crippen LogP contribution in [0.1, 0.15) is 11.7 Å². The smallest absolute Gasteiger partial charge is 0.158 e. The topological polar surface area (TPSA) is 56.1 Å². The van der Waals surface area contributed by atoms with E-state index in [1.54, 1.807) is 0 Å². The zero-order valence-corrected chi connectivity index (χ0v) is 16.2. The molecular weight excluding hydrogens is 362 g/mol. The zero-order chi connectivity index (χ0) is 19.5. The van der Waals surface area contributed by atoms with Crippen molar-refractivity contribution in [2.45, 2.75) is 12.6 Å². The first-order chi connectivity index (χ1) is 14.4. The lowest BCUT2D eigenvalue weighted by Gasteiger charge is -2.34. The number of para-hydroxylation sites is 1. The van der Waals surface area contributed by atoms with Crippen LogP contribution in [0.4, 0.5) is 0 Å². The number of ether oxygens (including phenoxy) is 1. The molecule has 6 heteroatoms. The maximum Gasteiger partial charge on any atom is 0.158 e. The maximum atomic E-state index is 5.56. The van der Waals surface area contributed by atoms with E-state index in [9.17, 15) is 0 Å². The molecule has 0 amide bonds. The Kier molecular flexibility index (Phi) is 5.02. The summed E-state index contributed by atoms with van der Waals surface area (Å²) in [6, 6.07) is 18.6. The average Bonchev–Trinajstić information content (AvgIpc) is 3.26. The number of benzene rings is 1. The minimum absolute atomic E-state index is 0.161. The minimum atomic E-state index is 0.161. The normalized spacial score (nSPS) is 16.1. The molecule has 29 heavy (non-hydrogen) atoms. The Bertz CT molecular complexity index is 1090. The van der Waals surface area contributed by atoms with Gasteiger partial charge < -0.3 is 9.30 Å². The number of fused-ring (bicyclic) bond motifs is 1. The second-order valence-corrected chi connectivity index (χ2v) is 7.21. The summed E-state index contributed by atoms with van der Waals surface area (Å²) in [6.07, 6.45) is 5.74. The molecule has 0 radical (unpaired) electrons. The number of nitrogens with zero attached hydrogens (tertiary/aromatic N) is 5. The monoisotopic (exact) mass is 385 g/mol. The van der Waals surface area contributed by atoms with E-state index in [1.165, 1.54) is 0 Å². The molecule has 0 saturated carbocycles.